The molecule has 140 valence electrons. The first kappa shape index (κ1) is 18.2. The number of rotatable bonds is 4. The number of amides is 1. The molecular formula is C18H22F2N4O2. The van der Waals surface area contributed by atoms with Gasteiger partial charge in [0.2, 0.25) is 0 Å². The number of carbonyl (C=O) groups is 1. The number of benzene rings is 1. The second-order valence-electron chi connectivity index (χ2n) is 7.47. The normalized spacial score (nSPS) is 15.8. The van der Waals surface area contributed by atoms with Crippen molar-refractivity contribution in [2.24, 2.45) is 0 Å². The number of nitrogen functional groups attached to an aromatic ring is 1. The lowest BCUT2D eigenvalue weighted by Crippen LogP contribution is -2.39. The number of aromatic nitrogens is 2. The predicted molar refractivity (Wildman–Crippen MR) is 93.2 cm³/mol. The van der Waals surface area contributed by atoms with Crippen molar-refractivity contribution in [3.05, 3.63) is 41.7 Å². The van der Waals surface area contributed by atoms with E-state index in [9.17, 15) is 13.6 Å². The number of ether oxygens (including phenoxy) is 1. The third-order valence-electron chi connectivity index (χ3n) is 4.15. The first-order valence-corrected chi connectivity index (χ1v) is 8.35. The fourth-order valence-electron chi connectivity index (χ4n) is 2.75. The minimum absolute atomic E-state index is 0.0469. The van der Waals surface area contributed by atoms with Crippen LogP contribution >= 0.6 is 0 Å². The molecule has 1 aliphatic carbocycles. The molecule has 1 fully saturated rings. The smallest absolute Gasteiger partial charge is 0.408 e. The summed E-state index contributed by atoms with van der Waals surface area (Å²) < 4.78 is 32.3. The van der Waals surface area contributed by atoms with E-state index in [0.29, 0.717) is 5.69 Å². The Labute approximate surface area is 150 Å². The van der Waals surface area contributed by atoms with Crippen molar-refractivity contribution >= 4 is 11.8 Å². The van der Waals surface area contributed by atoms with E-state index >= 15 is 0 Å². The summed E-state index contributed by atoms with van der Waals surface area (Å²) in [7, 11) is 0. The average molecular weight is 364 g/mol. The van der Waals surface area contributed by atoms with E-state index in [0.717, 1.165) is 18.4 Å². The standard InChI is InChI=1S/C18H22F2N4O2/c1-17(2,3)26-16(25)22-18(8-9-18)11-4-6-12(7-5-11)24-10-13(21)14(23-24)15(19)20/h4-7,10,15H,8-9,21H2,1-3H3,(H,22,25). The zero-order valence-electron chi connectivity index (χ0n) is 14.9. The summed E-state index contributed by atoms with van der Waals surface area (Å²) in [4.78, 5) is 12.0. The third-order valence-corrected chi connectivity index (χ3v) is 4.15. The van der Waals surface area contributed by atoms with Gasteiger partial charge in [0.05, 0.1) is 23.1 Å². The minimum atomic E-state index is -2.72. The Kier molecular flexibility index (Phi) is 4.37. The van der Waals surface area contributed by atoms with E-state index in [4.69, 9.17) is 10.5 Å². The lowest BCUT2D eigenvalue weighted by atomic mass is 10.0. The molecule has 0 spiro atoms. The average Bonchev–Trinajstić information content (AvgIpc) is 3.18. The van der Waals surface area contributed by atoms with Gasteiger partial charge in [0.15, 0.2) is 5.69 Å². The van der Waals surface area contributed by atoms with Gasteiger partial charge in [-0.15, -0.1) is 0 Å². The molecule has 2 aromatic rings. The van der Waals surface area contributed by atoms with Crippen LogP contribution < -0.4 is 11.1 Å². The molecule has 1 aliphatic rings. The van der Waals surface area contributed by atoms with E-state index in [1.807, 2.05) is 32.9 Å². The lowest BCUT2D eigenvalue weighted by molar-refractivity contribution is 0.0495. The Morgan fingerprint density at radius 1 is 1.31 bits per heavy atom. The van der Waals surface area contributed by atoms with Gasteiger partial charge in [-0.1, -0.05) is 12.1 Å². The highest BCUT2D eigenvalue weighted by molar-refractivity contribution is 5.70. The van der Waals surface area contributed by atoms with Crippen LogP contribution in [0.15, 0.2) is 30.5 Å². The Balaban J connectivity index is 1.75. The molecule has 8 heteroatoms. The summed E-state index contributed by atoms with van der Waals surface area (Å²) in [5.74, 6) is 0. The highest BCUT2D eigenvalue weighted by Crippen LogP contribution is 2.45. The van der Waals surface area contributed by atoms with Crippen molar-refractivity contribution in [3.8, 4) is 5.69 Å². The molecule has 0 bridgehead atoms. The number of nitrogens with one attached hydrogen (secondary N) is 1. The quantitative estimate of drug-likeness (QED) is 0.862. The van der Waals surface area contributed by atoms with Crippen LogP contribution in [0.1, 0.15) is 51.3 Å². The number of hydrogen-bond acceptors (Lipinski definition) is 4. The molecule has 0 unspecified atom stereocenters. The lowest BCUT2D eigenvalue weighted by Gasteiger charge is -2.23. The number of nitrogens with two attached hydrogens (primary N) is 1. The molecule has 0 radical (unpaired) electrons. The second-order valence-corrected chi connectivity index (χ2v) is 7.47. The Bertz CT molecular complexity index is 806. The van der Waals surface area contributed by atoms with Gasteiger partial charge in [-0.05, 0) is 51.3 Å². The molecule has 6 nitrogen and oxygen atoms in total. The molecular weight excluding hydrogens is 342 g/mol. The molecule has 1 amide bonds. The number of anilines is 1. The van der Waals surface area contributed by atoms with Gasteiger partial charge < -0.3 is 15.8 Å². The fourth-order valence-corrected chi connectivity index (χ4v) is 2.75. The van der Waals surface area contributed by atoms with E-state index in [1.54, 1.807) is 12.1 Å². The molecule has 1 heterocycles. The van der Waals surface area contributed by atoms with Gasteiger partial charge in [0.25, 0.3) is 6.43 Å². The maximum absolute atomic E-state index is 12.8. The summed E-state index contributed by atoms with van der Waals surface area (Å²) in [6.45, 7) is 5.43. The molecule has 1 aromatic carbocycles. The monoisotopic (exact) mass is 364 g/mol. The summed E-state index contributed by atoms with van der Waals surface area (Å²) in [5, 5.41) is 6.75. The van der Waals surface area contributed by atoms with Crippen molar-refractivity contribution < 1.29 is 18.3 Å². The first-order valence-electron chi connectivity index (χ1n) is 8.35. The summed E-state index contributed by atoms with van der Waals surface area (Å²) in [5.41, 5.74) is 5.64. The van der Waals surface area contributed by atoms with Crippen LogP contribution in [-0.4, -0.2) is 21.5 Å². The van der Waals surface area contributed by atoms with Crippen LogP contribution in [0.2, 0.25) is 0 Å². The molecule has 3 N–H and O–H groups in total. The van der Waals surface area contributed by atoms with Crippen LogP contribution in [0, 0.1) is 0 Å². The number of carbonyl (C=O) groups excluding carboxylic acids is 1. The topological polar surface area (TPSA) is 82.2 Å². The summed E-state index contributed by atoms with van der Waals surface area (Å²) in [6, 6.07) is 7.21. The van der Waals surface area contributed by atoms with Crippen LogP contribution in [-0.2, 0) is 10.3 Å². The van der Waals surface area contributed by atoms with Crippen LogP contribution in [0.5, 0.6) is 0 Å². The first-order chi connectivity index (χ1) is 12.1. The number of hydrogen-bond donors (Lipinski definition) is 2. The number of nitrogens with zero attached hydrogens (tertiary/aromatic N) is 2. The maximum Gasteiger partial charge on any atom is 0.408 e. The van der Waals surface area contributed by atoms with E-state index in [2.05, 4.69) is 10.4 Å². The molecule has 1 aromatic heterocycles. The third kappa shape index (κ3) is 3.79. The molecule has 1 saturated carbocycles. The highest BCUT2D eigenvalue weighted by atomic mass is 19.3. The molecule has 3 rings (SSSR count). The Morgan fingerprint density at radius 2 is 1.92 bits per heavy atom. The number of halogens is 2. The highest BCUT2D eigenvalue weighted by Gasteiger charge is 2.46. The van der Waals surface area contributed by atoms with Crippen LogP contribution in [0.3, 0.4) is 0 Å². The van der Waals surface area contributed by atoms with Gasteiger partial charge in [0.1, 0.15) is 5.60 Å². The van der Waals surface area contributed by atoms with E-state index < -0.39 is 29.4 Å². The summed E-state index contributed by atoms with van der Waals surface area (Å²) in [6.07, 6.45) is -0.183. The molecule has 0 saturated heterocycles. The van der Waals surface area contributed by atoms with Crippen molar-refractivity contribution in [1.82, 2.24) is 15.1 Å². The van der Waals surface area contributed by atoms with Gasteiger partial charge in [0, 0.05) is 0 Å². The van der Waals surface area contributed by atoms with Crippen molar-refractivity contribution in [2.45, 2.75) is 51.2 Å². The largest absolute Gasteiger partial charge is 0.444 e. The number of alkyl halides is 2. The van der Waals surface area contributed by atoms with Crippen LogP contribution in [0.4, 0.5) is 19.3 Å². The summed E-state index contributed by atoms with van der Waals surface area (Å²) >= 11 is 0. The van der Waals surface area contributed by atoms with E-state index in [1.165, 1.54) is 10.9 Å². The molecule has 26 heavy (non-hydrogen) atoms. The molecule has 0 aliphatic heterocycles. The SMILES string of the molecule is CC(C)(C)OC(=O)NC1(c2ccc(-n3cc(N)c(C(F)F)n3)cc2)CC1. The van der Waals surface area contributed by atoms with Crippen molar-refractivity contribution in [3.63, 3.8) is 0 Å². The van der Waals surface area contributed by atoms with E-state index in [-0.39, 0.29) is 5.69 Å². The fraction of sp³-hybridized carbons (Fsp3) is 0.444. The van der Waals surface area contributed by atoms with Crippen molar-refractivity contribution in [1.29, 1.82) is 0 Å². The Morgan fingerprint density at radius 3 is 2.38 bits per heavy atom. The molecule has 0 atom stereocenters. The van der Waals surface area contributed by atoms with Gasteiger partial charge in [-0.25, -0.2) is 18.3 Å². The predicted octanol–water partition coefficient (Wildman–Crippen LogP) is 3.91. The van der Waals surface area contributed by atoms with Gasteiger partial charge >= 0.3 is 6.09 Å². The van der Waals surface area contributed by atoms with Crippen molar-refractivity contribution in [2.75, 3.05) is 5.73 Å². The zero-order chi connectivity index (χ0) is 19.1. The number of alkyl carbamates (subject to hydrolysis) is 1. The second kappa shape index (κ2) is 6.26. The Hall–Kier alpha value is -2.64. The van der Waals surface area contributed by atoms with Gasteiger partial charge in [-0.3, -0.25) is 0 Å². The zero-order valence-corrected chi connectivity index (χ0v) is 14.9. The maximum atomic E-state index is 12.8. The van der Waals surface area contributed by atoms with Crippen LogP contribution in [0.25, 0.3) is 5.69 Å². The van der Waals surface area contributed by atoms with Gasteiger partial charge in [-0.2, -0.15) is 5.10 Å². The minimum Gasteiger partial charge on any atom is -0.444 e.